The van der Waals surface area contributed by atoms with Crippen molar-refractivity contribution >= 4 is 34.8 Å². The number of amides is 1. The zero-order valence-corrected chi connectivity index (χ0v) is 17.7. The Labute approximate surface area is 179 Å². The fraction of sp³-hybridized carbons (Fsp3) is 0.182. The lowest BCUT2D eigenvalue weighted by atomic mass is 10.1. The Bertz CT molecular complexity index is 1270. The second-order valence-electron chi connectivity index (χ2n) is 7.15. The summed E-state index contributed by atoms with van der Waals surface area (Å²) in [5.41, 5.74) is 8.76. The summed E-state index contributed by atoms with van der Waals surface area (Å²) in [4.78, 5) is 16.6. The lowest BCUT2D eigenvalue weighted by Gasteiger charge is -2.08. The van der Waals surface area contributed by atoms with Crippen molar-refractivity contribution in [1.29, 1.82) is 0 Å². The third-order valence-electron chi connectivity index (χ3n) is 4.87. The van der Waals surface area contributed by atoms with Crippen LogP contribution in [0, 0.1) is 20.8 Å². The first-order valence-electron chi connectivity index (χ1n) is 9.48. The van der Waals surface area contributed by atoms with Gasteiger partial charge in [-0.05, 0) is 50.1 Å². The first-order chi connectivity index (χ1) is 14.4. The predicted molar refractivity (Wildman–Crippen MR) is 118 cm³/mol. The number of hydrogen-bond acceptors (Lipinski definition) is 4. The molecule has 0 spiro atoms. The summed E-state index contributed by atoms with van der Waals surface area (Å²) in [5.74, 6) is -0.259. The van der Waals surface area contributed by atoms with Crippen LogP contribution in [0.3, 0.4) is 0 Å². The van der Waals surface area contributed by atoms with Gasteiger partial charge >= 0.3 is 0 Å². The number of fused-ring (bicyclic) bond motifs is 1. The molecule has 1 N–H and O–H groups in total. The molecule has 30 heavy (non-hydrogen) atoms. The standard InChI is InChI=1S/C22H21ClN6O/c1-14-8-9-15(2)20(10-14)29-22(23)17(16(3)27-29)11-25-26-21(30)12-28-13-24-18-6-4-5-7-19(18)28/h4-11,13H,12H2,1-3H3,(H,26,30)/b25-11-. The van der Waals surface area contributed by atoms with Gasteiger partial charge in [0.1, 0.15) is 11.7 Å². The Morgan fingerprint density at radius 3 is 2.83 bits per heavy atom. The molecular formula is C22H21ClN6O. The Balaban J connectivity index is 1.50. The number of rotatable bonds is 5. The molecule has 8 heteroatoms. The number of carbonyl (C=O) groups excluding carboxylic acids is 1. The summed E-state index contributed by atoms with van der Waals surface area (Å²) in [6.45, 7) is 6.01. The van der Waals surface area contributed by atoms with E-state index in [9.17, 15) is 4.79 Å². The maximum Gasteiger partial charge on any atom is 0.260 e. The quantitative estimate of drug-likeness (QED) is 0.392. The average molecular weight is 421 g/mol. The van der Waals surface area contributed by atoms with Gasteiger partial charge in [0.2, 0.25) is 0 Å². The highest BCUT2D eigenvalue weighted by atomic mass is 35.5. The van der Waals surface area contributed by atoms with Crippen molar-refractivity contribution in [3.05, 3.63) is 76.3 Å². The Hall–Kier alpha value is -3.45. The van der Waals surface area contributed by atoms with E-state index >= 15 is 0 Å². The van der Waals surface area contributed by atoms with Gasteiger partial charge in [-0.25, -0.2) is 15.1 Å². The third kappa shape index (κ3) is 3.84. The summed E-state index contributed by atoms with van der Waals surface area (Å²) in [7, 11) is 0. The largest absolute Gasteiger partial charge is 0.321 e. The third-order valence-corrected chi connectivity index (χ3v) is 5.23. The van der Waals surface area contributed by atoms with Crippen LogP contribution >= 0.6 is 11.6 Å². The highest BCUT2D eigenvalue weighted by molar-refractivity contribution is 6.32. The van der Waals surface area contributed by atoms with Crippen molar-refractivity contribution in [3.63, 3.8) is 0 Å². The van der Waals surface area contributed by atoms with E-state index in [1.807, 2.05) is 63.2 Å². The monoisotopic (exact) mass is 420 g/mol. The van der Waals surface area contributed by atoms with E-state index in [0.717, 1.165) is 33.5 Å². The maximum absolute atomic E-state index is 12.3. The molecule has 4 aromatic rings. The van der Waals surface area contributed by atoms with Crippen LogP contribution in [0.5, 0.6) is 0 Å². The number of aryl methyl sites for hydroxylation is 3. The van der Waals surface area contributed by atoms with Crippen LogP contribution in [0.2, 0.25) is 5.15 Å². The van der Waals surface area contributed by atoms with Crippen LogP contribution in [0.1, 0.15) is 22.4 Å². The second-order valence-corrected chi connectivity index (χ2v) is 7.50. The summed E-state index contributed by atoms with van der Waals surface area (Å²) < 4.78 is 3.47. The van der Waals surface area contributed by atoms with E-state index in [4.69, 9.17) is 11.6 Å². The first kappa shape index (κ1) is 19.8. The molecule has 0 atom stereocenters. The van der Waals surface area contributed by atoms with Crippen LogP contribution in [0.4, 0.5) is 0 Å². The van der Waals surface area contributed by atoms with Gasteiger partial charge in [0, 0.05) is 0 Å². The van der Waals surface area contributed by atoms with Gasteiger partial charge < -0.3 is 4.57 Å². The van der Waals surface area contributed by atoms with Gasteiger partial charge in [-0.3, -0.25) is 4.79 Å². The minimum absolute atomic E-state index is 0.117. The van der Waals surface area contributed by atoms with E-state index in [2.05, 4.69) is 20.6 Å². The zero-order chi connectivity index (χ0) is 21.3. The number of para-hydroxylation sites is 2. The summed E-state index contributed by atoms with van der Waals surface area (Å²) >= 11 is 6.57. The number of hydrazone groups is 1. The number of imidazole rings is 1. The second kappa shape index (κ2) is 8.12. The molecule has 0 fully saturated rings. The van der Waals surface area contributed by atoms with E-state index in [-0.39, 0.29) is 12.5 Å². The van der Waals surface area contributed by atoms with Gasteiger partial charge in [-0.1, -0.05) is 35.9 Å². The number of hydrogen-bond donors (Lipinski definition) is 1. The SMILES string of the molecule is Cc1ccc(C)c(-n2nc(C)c(/C=N\NC(=O)Cn3cnc4ccccc43)c2Cl)c1. The van der Waals surface area contributed by atoms with Crippen LogP contribution in [0.25, 0.3) is 16.7 Å². The van der Waals surface area contributed by atoms with Crippen molar-refractivity contribution in [2.45, 2.75) is 27.3 Å². The molecule has 0 aliphatic rings. The fourth-order valence-corrected chi connectivity index (χ4v) is 3.57. The number of halogens is 1. The number of carbonyl (C=O) groups is 1. The highest BCUT2D eigenvalue weighted by Gasteiger charge is 2.15. The topological polar surface area (TPSA) is 77.1 Å². The molecule has 0 radical (unpaired) electrons. The molecular weight excluding hydrogens is 400 g/mol. The molecule has 2 aromatic carbocycles. The smallest absolute Gasteiger partial charge is 0.260 e. The Morgan fingerprint density at radius 1 is 1.20 bits per heavy atom. The zero-order valence-electron chi connectivity index (χ0n) is 16.9. The predicted octanol–water partition coefficient (Wildman–Crippen LogP) is 3.95. The van der Waals surface area contributed by atoms with Crippen molar-refractivity contribution in [3.8, 4) is 5.69 Å². The van der Waals surface area contributed by atoms with E-state index in [1.54, 1.807) is 15.6 Å². The van der Waals surface area contributed by atoms with Crippen molar-refractivity contribution in [2.24, 2.45) is 5.10 Å². The molecule has 2 heterocycles. The Kier molecular flexibility index (Phi) is 5.37. The molecule has 4 rings (SSSR count). The van der Waals surface area contributed by atoms with Crippen LogP contribution in [-0.2, 0) is 11.3 Å². The van der Waals surface area contributed by atoms with E-state index < -0.39 is 0 Å². The average Bonchev–Trinajstić information content (AvgIpc) is 3.25. The van der Waals surface area contributed by atoms with Gasteiger partial charge in [0.25, 0.3) is 5.91 Å². The van der Waals surface area contributed by atoms with Gasteiger partial charge in [0.05, 0.1) is 40.5 Å². The van der Waals surface area contributed by atoms with Crippen LogP contribution < -0.4 is 5.43 Å². The Morgan fingerprint density at radius 2 is 2.00 bits per heavy atom. The first-order valence-corrected chi connectivity index (χ1v) is 9.86. The lowest BCUT2D eigenvalue weighted by molar-refractivity contribution is -0.121. The molecule has 0 saturated heterocycles. The number of benzene rings is 2. The van der Waals surface area contributed by atoms with Crippen LogP contribution in [0.15, 0.2) is 53.9 Å². The molecule has 7 nitrogen and oxygen atoms in total. The van der Waals surface area contributed by atoms with Gasteiger partial charge in [0.15, 0.2) is 0 Å². The van der Waals surface area contributed by atoms with Crippen molar-refractivity contribution in [1.82, 2.24) is 24.8 Å². The van der Waals surface area contributed by atoms with E-state index in [1.165, 1.54) is 6.21 Å². The minimum Gasteiger partial charge on any atom is -0.321 e. The summed E-state index contributed by atoms with van der Waals surface area (Å²) in [6, 6.07) is 13.8. The lowest BCUT2D eigenvalue weighted by Crippen LogP contribution is -2.22. The molecule has 0 aliphatic heterocycles. The fourth-order valence-electron chi connectivity index (χ4n) is 3.26. The summed E-state index contributed by atoms with van der Waals surface area (Å²) in [6.07, 6.45) is 3.17. The normalized spacial score (nSPS) is 11.5. The molecule has 1 amide bonds. The molecule has 0 aliphatic carbocycles. The van der Waals surface area contributed by atoms with Crippen molar-refractivity contribution in [2.75, 3.05) is 0 Å². The van der Waals surface area contributed by atoms with E-state index in [0.29, 0.717) is 10.7 Å². The maximum atomic E-state index is 12.3. The number of nitrogens with zero attached hydrogens (tertiary/aromatic N) is 5. The molecule has 2 aromatic heterocycles. The number of aromatic nitrogens is 4. The van der Waals surface area contributed by atoms with Gasteiger partial charge in [-0.2, -0.15) is 10.2 Å². The highest BCUT2D eigenvalue weighted by Crippen LogP contribution is 2.24. The van der Waals surface area contributed by atoms with Gasteiger partial charge in [-0.15, -0.1) is 0 Å². The molecule has 0 bridgehead atoms. The van der Waals surface area contributed by atoms with Crippen LogP contribution in [-0.4, -0.2) is 31.5 Å². The number of nitrogens with one attached hydrogen (secondary N) is 1. The molecule has 0 saturated carbocycles. The minimum atomic E-state index is -0.259. The summed E-state index contributed by atoms with van der Waals surface area (Å²) in [5, 5.41) is 9.06. The molecule has 152 valence electrons. The van der Waals surface area contributed by atoms with Crippen molar-refractivity contribution < 1.29 is 4.79 Å². The molecule has 0 unspecified atom stereocenters.